The summed E-state index contributed by atoms with van der Waals surface area (Å²) in [6, 6.07) is 2.60. The molecule has 1 N–H and O–H groups in total. The van der Waals surface area contributed by atoms with Gasteiger partial charge in [-0.1, -0.05) is 0 Å². The smallest absolute Gasteiger partial charge is 0.317 e. The molecule has 1 heterocycles. The van der Waals surface area contributed by atoms with Gasteiger partial charge in [-0.25, -0.2) is 4.63 Å². The van der Waals surface area contributed by atoms with Gasteiger partial charge in [-0.2, -0.15) is 0 Å². The molecule has 1 aromatic carbocycles. The number of non-ortho nitro benzene ring substituents is 1. The number of hydrogen-bond acceptors (Lipinski definition) is 9. The highest BCUT2D eigenvalue weighted by atomic mass is 16.6. The third-order valence-corrected chi connectivity index (χ3v) is 2.93. The van der Waals surface area contributed by atoms with E-state index in [-0.39, 0.29) is 17.1 Å². The van der Waals surface area contributed by atoms with Gasteiger partial charge in [0.05, 0.1) is 28.6 Å². The van der Waals surface area contributed by atoms with E-state index in [2.05, 4.69) is 14.9 Å². The van der Waals surface area contributed by atoms with E-state index in [9.17, 15) is 30.1 Å². The van der Waals surface area contributed by atoms with Crippen LogP contribution in [0, 0.1) is 20.2 Å². The van der Waals surface area contributed by atoms with Crippen LogP contribution in [0.3, 0.4) is 0 Å². The molecule has 1 aromatic heterocycles. The van der Waals surface area contributed by atoms with E-state index < -0.39 is 33.1 Å². The van der Waals surface area contributed by atoms with Gasteiger partial charge in [0.15, 0.2) is 5.69 Å². The second kappa shape index (κ2) is 6.05. The average Bonchev–Trinajstić information content (AvgIpc) is 2.95. The molecule has 2 rings (SSSR count). The third-order valence-electron chi connectivity index (χ3n) is 2.93. The van der Waals surface area contributed by atoms with Crippen molar-refractivity contribution >= 4 is 17.3 Å². The van der Waals surface area contributed by atoms with E-state index in [4.69, 9.17) is 4.74 Å². The first kappa shape index (κ1) is 15.8. The van der Waals surface area contributed by atoms with Crippen molar-refractivity contribution in [2.75, 3.05) is 7.11 Å². The minimum absolute atomic E-state index is 0.259. The van der Waals surface area contributed by atoms with Crippen LogP contribution in [0.4, 0.5) is 11.4 Å². The van der Waals surface area contributed by atoms with Crippen molar-refractivity contribution in [3.05, 3.63) is 49.7 Å². The van der Waals surface area contributed by atoms with Gasteiger partial charge in [0.25, 0.3) is 17.3 Å². The molecule has 1 atom stereocenters. The van der Waals surface area contributed by atoms with Gasteiger partial charge in [-0.15, -0.1) is 0 Å². The maximum Gasteiger partial charge on any atom is 0.317 e. The van der Waals surface area contributed by atoms with Crippen LogP contribution in [0.5, 0.6) is 5.88 Å². The van der Waals surface area contributed by atoms with Crippen molar-refractivity contribution in [2.45, 2.75) is 5.92 Å². The largest absolute Gasteiger partial charge is 0.480 e. The zero-order valence-electron chi connectivity index (χ0n) is 11.4. The van der Waals surface area contributed by atoms with Crippen LogP contribution >= 0.6 is 0 Å². The fourth-order valence-electron chi connectivity index (χ4n) is 1.95. The Morgan fingerprint density at radius 1 is 1.30 bits per heavy atom. The van der Waals surface area contributed by atoms with Crippen molar-refractivity contribution in [1.82, 2.24) is 10.3 Å². The van der Waals surface area contributed by atoms with Crippen LogP contribution < -0.4 is 4.74 Å². The molecule has 0 fully saturated rings. The lowest BCUT2D eigenvalue weighted by Crippen LogP contribution is -2.16. The molecule has 0 saturated heterocycles. The van der Waals surface area contributed by atoms with E-state index in [0.717, 1.165) is 12.1 Å². The monoisotopic (exact) mass is 324 g/mol. The highest BCUT2D eigenvalue weighted by molar-refractivity contribution is 5.82. The number of hydrogen-bond donors (Lipinski definition) is 1. The van der Waals surface area contributed by atoms with Gasteiger partial charge < -0.3 is 9.84 Å². The number of nitro benzene ring substituents is 2. The van der Waals surface area contributed by atoms with E-state index in [0.29, 0.717) is 6.07 Å². The predicted molar refractivity (Wildman–Crippen MR) is 70.1 cm³/mol. The van der Waals surface area contributed by atoms with Gasteiger partial charge in [0, 0.05) is 6.07 Å². The number of aliphatic carboxylic acids is 1. The van der Waals surface area contributed by atoms with E-state index in [1.54, 1.807) is 0 Å². The summed E-state index contributed by atoms with van der Waals surface area (Å²) in [6.07, 6.45) is 0. The van der Waals surface area contributed by atoms with E-state index >= 15 is 0 Å². The van der Waals surface area contributed by atoms with E-state index in [1.807, 2.05) is 0 Å². The number of carboxylic acid groups (broad SMARTS) is 1. The molecule has 0 bridgehead atoms. The molecule has 23 heavy (non-hydrogen) atoms. The van der Waals surface area contributed by atoms with Gasteiger partial charge in [0.2, 0.25) is 0 Å². The Hall–Kier alpha value is -3.57. The number of ether oxygens (including phenoxy) is 1. The molecular weight excluding hydrogens is 316 g/mol. The first-order chi connectivity index (χ1) is 10.9. The molecule has 1 unspecified atom stereocenters. The predicted octanol–water partition coefficient (Wildman–Crippen LogP) is 1.11. The number of nitrogens with zero attached hydrogens (tertiary/aromatic N) is 4. The topological polar surface area (TPSA) is 172 Å². The van der Waals surface area contributed by atoms with Crippen LogP contribution in [0.15, 0.2) is 22.8 Å². The molecular formula is C11H8N4O8. The van der Waals surface area contributed by atoms with Gasteiger partial charge >= 0.3 is 5.97 Å². The lowest BCUT2D eigenvalue weighted by atomic mass is 9.94. The summed E-state index contributed by atoms with van der Waals surface area (Å²) in [7, 11) is 1.19. The average molecular weight is 324 g/mol. The van der Waals surface area contributed by atoms with Crippen molar-refractivity contribution in [3.8, 4) is 5.88 Å². The Balaban J connectivity index is 2.67. The molecule has 0 aliphatic carbocycles. The molecule has 0 spiro atoms. The molecule has 0 aliphatic rings. The fourth-order valence-corrected chi connectivity index (χ4v) is 1.95. The Morgan fingerprint density at radius 3 is 2.52 bits per heavy atom. The standard InChI is InChI=1S/C11H8N4O8/c1-22-10-9(12-23-13-10)8(11(16)17)6-3-2-5(14(18)19)4-7(6)15(20)21/h2-4,8H,1H3,(H,16,17). The number of nitro groups is 2. The van der Waals surface area contributed by atoms with Gasteiger partial charge in [-0.05, 0) is 16.4 Å². The first-order valence-electron chi connectivity index (χ1n) is 5.88. The minimum Gasteiger partial charge on any atom is -0.480 e. The van der Waals surface area contributed by atoms with Crippen LogP contribution in [0.1, 0.15) is 17.2 Å². The second-order valence-electron chi connectivity index (χ2n) is 4.19. The zero-order chi connectivity index (χ0) is 17.1. The second-order valence-corrected chi connectivity index (χ2v) is 4.19. The number of methoxy groups -OCH3 is 1. The van der Waals surface area contributed by atoms with Crippen molar-refractivity contribution < 1.29 is 29.1 Å². The first-order valence-corrected chi connectivity index (χ1v) is 5.88. The molecule has 0 saturated carbocycles. The zero-order valence-corrected chi connectivity index (χ0v) is 11.4. The highest BCUT2D eigenvalue weighted by Gasteiger charge is 2.36. The molecule has 2 aromatic rings. The molecule has 0 aliphatic heterocycles. The Labute approximate surface area is 126 Å². The third kappa shape index (κ3) is 2.90. The normalized spacial score (nSPS) is 11.7. The van der Waals surface area contributed by atoms with Crippen LogP contribution in [-0.4, -0.2) is 38.3 Å². The van der Waals surface area contributed by atoms with E-state index in [1.165, 1.54) is 7.11 Å². The van der Waals surface area contributed by atoms with Crippen molar-refractivity contribution in [3.63, 3.8) is 0 Å². The highest BCUT2D eigenvalue weighted by Crippen LogP contribution is 2.36. The summed E-state index contributed by atoms with van der Waals surface area (Å²) in [5.41, 5.74) is -1.90. The van der Waals surface area contributed by atoms with Gasteiger partial charge in [0.1, 0.15) is 5.92 Å². The van der Waals surface area contributed by atoms with Crippen molar-refractivity contribution in [1.29, 1.82) is 0 Å². The summed E-state index contributed by atoms with van der Waals surface area (Å²) in [5, 5.41) is 38.0. The summed E-state index contributed by atoms with van der Waals surface area (Å²) in [5.74, 6) is -3.39. The molecule has 12 nitrogen and oxygen atoms in total. The molecule has 12 heteroatoms. The Bertz CT molecular complexity index is 786. The van der Waals surface area contributed by atoms with Crippen LogP contribution in [-0.2, 0) is 4.79 Å². The van der Waals surface area contributed by atoms with Crippen molar-refractivity contribution in [2.24, 2.45) is 0 Å². The fraction of sp³-hybridized carbons (Fsp3) is 0.182. The molecule has 120 valence electrons. The van der Waals surface area contributed by atoms with Crippen LogP contribution in [0.2, 0.25) is 0 Å². The SMILES string of the molecule is COc1nonc1C(C(=O)O)c1ccc([N+](=O)[O-])cc1[N+](=O)[O-]. The number of aromatic nitrogens is 2. The van der Waals surface area contributed by atoms with Gasteiger partial charge in [-0.3, -0.25) is 25.0 Å². The maximum absolute atomic E-state index is 11.5. The summed E-state index contributed by atoms with van der Waals surface area (Å²) in [4.78, 5) is 31.7. The number of carbonyl (C=O) groups is 1. The van der Waals surface area contributed by atoms with Crippen LogP contribution in [0.25, 0.3) is 0 Å². The summed E-state index contributed by atoms with van der Waals surface area (Å²) in [6.45, 7) is 0. The quantitative estimate of drug-likeness (QED) is 0.599. The number of rotatable bonds is 6. The maximum atomic E-state index is 11.5. The lowest BCUT2D eigenvalue weighted by Gasteiger charge is -2.10. The molecule has 0 amide bonds. The summed E-state index contributed by atoms with van der Waals surface area (Å²) >= 11 is 0. The molecule has 0 radical (unpaired) electrons. The Morgan fingerprint density at radius 2 is 2.00 bits per heavy atom. The number of carboxylic acids is 1. The summed E-state index contributed by atoms with van der Waals surface area (Å²) < 4.78 is 9.18. The number of benzene rings is 1. The lowest BCUT2D eigenvalue weighted by molar-refractivity contribution is -0.394. The Kier molecular flexibility index (Phi) is 4.16. The minimum atomic E-state index is -1.64.